The van der Waals surface area contributed by atoms with E-state index < -0.39 is 0 Å². The monoisotopic (exact) mass is 307 g/mol. The van der Waals surface area contributed by atoms with Gasteiger partial charge >= 0.3 is 0 Å². The van der Waals surface area contributed by atoms with Crippen molar-refractivity contribution < 1.29 is 9.21 Å². The van der Waals surface area contributed by atoms with Crippen LogP contribution in [-0.2, 0) is 0 Å². The minimum atomic E-state index is -0.240. The number of nitrogens with one attached hydrogen (secondary N) is 1. The first-order valence-electron chi connectivity index (χ1n) is 5.62. The van der Waals surface area contributed by atoms with Gasteiger partial charge in [0.05, 0.1) is 0 Å². The van der Waals surface area contributed by atoms with Crippen molar-refractivity contribution in [1.29, 1.82) is 0 Å². The summed E-state index contributed by atoms with van der Waals surface area (Å²) in [5.41, 5.74) is 4.12. The van der Waals surface area contributed by atoms with Gasteiger partial charge in [0, 0.05) is 5.69 Å². The number of aryl methyl sites for hydroxylation is 3. The molecule has 0 spiro atoms. The van der Waals surface area contributed by atoms with Crippen molar-refractivity contribution >= 4 is 27.5 Å². The largest absolute Gasteiger partial charge is 0.444 e. The predicted molar refractivity (Wildman–Crippen MR) is 75.0 cm³/mol. The van der Waals surface area contributed by atoms with Crippen LogP contribution in [-0.4, -0.2) is 5.91 Å². The number of rotatable bonds is 2. The standard InChI is InChI=1S/C14H14BrNO2/c1-8-6-9(2)13(10(3)7-8)16-14(17)11-4-5-12(15)18-11/h4-7H,1-3H3,(H,16,17). The summed E-state index contributed by atoms with van der Waals surface area (Å²) < 4.78 is 5.77. The Balaban J connectivity index is 2.27. The Labute approximate surface area is 114 Å². The number of furan rings is 1. The van der Waals surface area contributed by atoms with E-state index in [2.05, 4.69) is 21.2 Å². The fourth-order valence-electron chi connectivity index (χ4n) is 1.99. The molecule has 0 radical (unpaired) electrons. The molecule has 2 aromatic rings. The lowest BCUT2D eigenvalue weighted by Crippen LogP contribution is -2.13. The molecular formula is C14H14BrNO2. The molecule has 0 fully saturated rings. The van der Waals surface area contributed by atoms with Crippen LogP contribution in [0.25, 0.3) is 0 Å². The van der Waals surface area contributed by atoms with Gasteiger partial charge in [-0.05, 0) is 60.0 Å². The minimum absolute atomic E-state index is 0.240. The van der Waals surface area contributed by atoms with Crippen molar-refractivity contribution in [2.75, 3.05) is 5.32 Å². The molecule has 0 saturated carbocycles. The summed E-state index contributed by atoms with van der Waals surface area (Å²) in [4.78, 5) is 12.0. The molecule has 18 heavy (non-hydrogen) atoms. The molecule has 3 nitrogen and oxygen atoms in total. The van der Waals surface area contributed by atoms with Gasteiger partial charge in [0.25, 0.3) is 5.91 Å². The third kappa shape index (κ3) is 2.64. The lowest BCUT2D eigenvalue weighted by atomic mass is 10.1. The maximum atomic E-state index is 12.0. The van der Waals surface area contributed by atoms with Gasteiger partial charge < -0.3 is 9.73 Å². The predicted octanol–water partition coefficient (Wildman–Crippen LogP) is 4.22. The van der Waals surface area contributed by atoms with Crippen molar-refractivity contribution in [1.82, 2.24) is 0 Å². The highest BCUT2D eigenvalue weighted by Gasteiger charge is 2.13. The summed E-state index contributed by atoms with van der Waals surface area (Å²) in [5.74, 6) is 0.0528. The third-order valence-corrected chi connectivity index (χ3v) is 3.14. The minimum Gasteiger partial charge on any atom is -0.444 e. The Hall–Kier alpha value is -1.55. The molecule has 0 aliphatic rings. The number of amides is 1. The van der Waals surface area contributed by atoms with Crippen LogP contribution in [0.4, 0.5) is 5.69 Å². The van der Waals surface area contributed by atoms with Crippen LogP contribution in [0.3, 0.4) is 0 Å². The topological polar surface area (TPSA) is 42.2 Å². The zero-order chi connectivity index (χ0) is 13.3. The first-order chi connectivity index (χ1) is 8.47. The van der Waals surface area contributed by atoms with Crippen molar-refractivity contribution in [3.05, 3.63) is 51.4 Å². The molecule has 1 aromatic carbocycles. The number of benzene rings is 1. The molecule has 94 valence electrons. The lowest BCUT2D eigenvalue weighted by molar-refractivity contribution is 0.0995. The highest BCUT2D eigenvalue weighted by molar-refractivity contribution is 9.10. The Kier molecular flexibility index (Phi) is 3.57. The number of hydrogen-bond donors (Lipinski definition) is 1. The first kappa shape index (κ1) is 12.9. The SMILES string of the molecule is Cc1cc(C)c(NC(=O)c2ccc(Br)o2)c(C)c1. The van der Waals surface area contributed by atoms with E-state index in [0.717, 1.165) is 16.8 Å². The molecule has 0 bridgehead atoms. The van der Waals surface area contributed by atoms with Crippen molar-refractivity contribution in [3.8, 4) is 0 Å². The molecule has 2 rings (SSSR count). The number of halogens is 1. The van der Waals surface area contributed by atoms with Crippen LogP contribution >= 0.6 is 15.9 Å². The van der Waals surface area contributed by atoms with Crippen LogP contribution in [0.5, 0.6) is 0 Å². The molecule has 4 heteroatoms. The molecule has 0 unspecified atom stereocenters. The van der Waals surface area contributed by atoms with Gasteiger partial charge in [-0.1, -0.05) is 17.7 Å². The first-order valence-corrected chi connectivity index (χ1v) is 6.41. The van der Waals surface area contributed by atoms with E-state index in [1.807, 2.05) is 32.9 Å². The van der Waals surface area contributed by atoms with E-state index in [-0.39, 0.29) is 5.91 Å². The summed E-state index contributed by atoms with van der Waals surface area (Å²) in [6.45, 7) is 6.00. The smallest absolute Gasteiger partial charge is 0.291 e. The van der Waals surface area contributed by atoms with Gasteiger partial charge in [-0.15, -0.1) is 0 Å². The lowest BCUT2D eigenvalue weighted by Gasteiger charge is -2.11. The Bertz CT molecular complexity index is 579. The van der Waals surface area contributed by atoms with E-state index in [1.54, 1.807) is 12.1 Å². The van der Waals surface area contributed by atoms with Gasteiger partial charge in [0.1, 0.15) is 0 Å². The molecule has 1 amide bonds. The highest BCUT2D eigenvalue weighted by atomic mass is 79.9. The molecule has 1 aromatic heterocycles. The van der Waals surface area contributed by atoms with Crippen molar-refractivity contribution in [2.45, 2.75) is 20.8 Å². The zero-order valence-electron chi connectivity index (χ0n) is 10.5. The van der Waals surface area contributed by atoms with Gasteiger partial charge in [-0.25, -0.2) is 0 Å². The van der Waals surface area contributed by atoms with Crippen molar-refractivity contribution in [2.24, 2.45) is 0 Å². The van der Waals surface area contributed by atoms with Crippen LogP contribution in [0.2, 0.25) is 0 Å². The fraction of sp³-hybridized carbons (Fsp3) is 0.214. The van der Waals surface area contributed by atoms with Crippen LogP contribution < -0.4 is 5.32 Å². The molecule has 0 aliphatic carbocycles. The number of carbonyl (C=O) groups is 1. The van der Waals surface area contributed by atoms with Gasteiger partial charge in [-0.3, -0.25) is 4.79 Å². The van der Waals surface area contributed by atoms with Gasteiger partial charge in [-0.2, -0.15) is 0 Å². The van der Waals surface area contributed by atoms with E-state index in [9.17, 15) is 4.79 Å². The highest BCUT2D eigenvalue weighted by Crippen LogP contribution is 2.23. The Morgan fingerprint density at radius 3 is 2.28 bits per heavy atom. The zero-order valence-corrected chi connectivity index (χ0v) is 12.1. The average molecular weight is 308 g/mol. The summed E-state index contributed by atoms with van der Waals surface area (Å²) in [5, 5.41) is 2.88. The number of anilines is 1. The second-order valence-electron chi connectivity index (χ2n) is 4.33. The van der Waals surface area contributed by atoms with Crippen molar-refractivity contribution in [3.63, 3.8) is 0 Å². The Morgan fingerprint density at radius 2 is 1.78 bits per heavy atom. The molecule has 1 N–H and O–H groups in total. The average Bonchev–Trinajstić information content (AvgIpc) is 2.70. The molecule has 0 aliphatic heterocycles. The third-order valence-electron chi connectivity index (χ3n) is 2.71. The maximum Gasteiger partial charge on any atom is 0.291 e. The quantitative estimate of drug-likeness (QED) is 0.902. The normalized spacial score (nSPS) is 10.4. The van der Waals surface area contributed by atoms with E-state index in [0.29, 0.717) is 10.4 Å². The fourth-order valence-corrected chi connectivity index (χ4v) is 2.30. The van der Waals surface area contributed by atoms with Gasteiger partial charge in [0.2, 0.25) is 0 Å². The van der Waals surface area contributed by atoms with Crippen LogP contribution in [0.15, 0.2) is 33.4 Å². The molecule has 1 heterocycles. The second kappa shape index (κ2) is 4.98. The van der Waals surface area contributed by atoms with Gasteiger partial charge in [0.15, 0.2) is 10.4 Å². The molecule has 0 atom stereocenters. The summed E-state index contributed by atoms with van der Waals surface area (Å²) in [6.07, 6.45) is 0. The second-order valence-corrected chi connectivity index (χ2v) is 5.11. The van der Waals surface area contributed by atoms with E-state index in [1.165, 1.54) is 5.56 Å². The number of hydrogen-bond acceptors (Lipinski definition) is 2. The van der Waals surface area contributed by atoms with E-state index >= 15 is 0 Å². The van der Waals surface area contributed by atoms with Crippen LogP contribution in [0.1, 0.15) is 27.2 Å². The van der Waals surface area contributed by atoms with E-state index in [4.69, 9.17) is 4.42 Å². The molecule has 0 saturated heterocycles. The number of carbonyl (C=O) groups excluding carboxylic acids is 1. The maximum absolute atomic E-state index is 12.0. The summed E-state index contributed by atoms with van der Waals surface area (Å²) in [6, 6.07) is 7.42. The summed E-state index contributed by atoms with van der Waals surface area (Å²) >= 11 is 3.18. The molecular weight excluding hydrogens is 294 g/mol. The van der Waals surface area contributed by atoms with Crippen LogP contribution in [0, 0.1) is 20.8 Å². The summed E-state index contributed by atoms with van der Waals surface area (Å²) in [7, 11) is 0. The Morgan fingerprint density at radius 1 is 1.17 bits per heavy atom.